The second kappa shape index (κ2) is 9.10. The Morgan fingerprint density at radius 3 is 2.43 bits per heavy atom. The average molecular weight is 400 g/mol. The Morgan fingerprint density at radius 1 is 1.11 bits per heavy atom. The molecule has 2 fully saturated rings. The number of thioether (sulfide) groups is 1. The van der Waals surface area contributed by atoms with E-state index in [2.05, 4.69) is 0 Å². The van der Waals surface area contributed by atoms with Crippen molar-refractivity contribution in [2.45, 2.75) is 19.3 Å². The SMILES string of the molecule is CN(C)c1ccc(C=CC=C2SC(=O)N(CC(=O)N3CCCCC3)C2=O)cc1. The summed E-state index contributed by atoms with van der Waals surface area (Å²) in [5, 5.41) is -0.384. The zero-order valence-electron chi connectivity index (χ0n) is 16.3. The third-order valence-corrected chi connectivity index (χ3v) is 5.75. The Bertz CT molecular complexity index is 809. The van der Waals surface area contributed by atoms with Crippen molar-refractivity contribution in [1.29, 1.82) is 0 Å². The molecule has 3 amide bonds. The van der Waals surface area contributed by atoms with Crippen LogP contribution < -0.4 is 4.90 Å². The molecule has 0 aromatic heterocycles. The number of hydrogen-bond acceptors (Lipinski definition) is 5. The second-order valence-electron chi connectivity index (χ2n) is 7.08. The minimum atomic E-state index is -0.395. The summed E-state index contributed by atoms with van der Waals surface area (Å²) in [4.78, 5) is 42.2. The normalized spacial score (nSPS) is 19.1. The van der Waals surface area contributed by atoms with Crippen molar-refractivity contribution in [3.63, 3.8) is 0 Å². The van der Waals surface area contributed by atoms with Gasteiger partial charge >= 0.3 is 0 Å². The number of nitrogens with zero attached hydrogens (tertiary/aromatic N) is 3. The van der Waals surface area contributed by atoms with E-state index in [-0.39, 0.29) is 17.7 Å². The molecule has 2 heterocycles. The third-order valence-electron chi connectivity index (χ3n) is 4.82. The standard InChI is InChI=1S/C21H25N3O3S/c1-22(2)17-11-9-16(10-12-17)7-6-8-18-20(26)24(21(27)28-18)15-19(25)23-13-4-3-5-14-23/h6-12H,3-5,13-15H2,1-2H3. The summed E-state index contributed by atoms with van der Waals surface area (Å²) in [7, 11) is 3.97. The van der Waals surface area contributed by atoms with Crippen molar-refractivity contribution in [3.05, 3.63) is 46.9 Å². The van der Waals surface area contributed by atoms with Gasteiger partial charge in [0.1, 0.15) is 6.54 Å². The molecule has 0 unspecified atom stereocenters. The van der Waals surface area contributed by atoms with Gasteiger partial charge in [-0.1, -0.05) is 24.3 Å². The fraction of sp³-hybridized carbons (Fsp3) is 0.381. The van der Waals surface area contributed by atoms with Gasteiger partial charge in [-0.25, -0.2) is 0 Å². The summed E-state index contributed by atoms with van der Waals surface area (Å²) < 4.78 is 0. The predicted molar refractivity (Wildman–Crippen MR) is 113 cm³/mol. The largest absolute Gasteiger partial charge is 0.378 e. The fourth-order valence-electron chi connectivity index (χ4n) is 3.16. The van der Waals surface area contributed by atoms with Gasteiger partial charge in [-0.15, -0.1) is 0 Å². The molecule has 3 rings (SSSR count). The van der Waals surface area contributed by atoms with Gasteiger partial charge in [0, 0.05) is 32.9 Å². The third kappa shape index (κ3) is 4.84. The van der Waals surface area contributed by atoms with Crippen LogP contribution in [0.2, 0.25) is 0 Å². The molecule has 0 N–H and O–H groups in total. The quantitative estimate of drug-likeness (QED) is 0.711. The van der Waals surface area contributed by atoms with Crippen LogP contribution in [-0.4, -0.2) is 60.6 Å². The molecular weight excluding hydrogens is 374 g/mol. The van der Waals surface area contributed by atoms with Gasteiger partial charge in [0.25, 0.3) is 11.1 Å². The summed E-state index contributed by atoms with van der Waals surface area (Å²) in [5.41, 5.74) is 2.11. The van der Waals surface area contributed by atoms with E-state index < -0.39 is 5.91 Å². The molecule has 1 aromatic carbocycles. The van der Waals surface area contributed by atoms with E-state index in [4.69, 9.17) is 0 Å². The van der Waals surface area contributed by atoms with Crippen LogP contribution in [0.4, 0.5) is 10.5 Å². The number of piperidine rings is 1. The molecule has 1 aromatic rings. The number of carbonyl (C=O) groups is 3. The maximum Gasteiger partial charge on any atom is 0.294 e. The lowest BCUT2D eigenvalue weighted by molar-refractivity contribution is -0.136. The van der Waals surface area contributed by atoms with Gasteiger partial charge in [-0.05, 0) is 54.8 Å². The lowest BCUT2D eigenvalue weighted by atomic mass is 10.1. The first-order valence-corrected chi connectivity index (χ1v) is 10.2. The molecule has 7 heteroatoms. The summed E-state index contributed by atoms with van der Waals surface area (Å²) >= 11 is 0.882. The minimum Gasteiger partial charge on any atom is -0.378 e. The van der Waals surface area contributed by atoms with E-state index in [0.717, 1.165) is 47.2 Å². The summed E-state index contributed by atoms with van der Waals surface area (Å²) in [6, 6.07) is 8.00. The Balaban J connectivity index is 1.61. The lowest BCUT2D eigenvalue weighted by Crippen LogP contribution is -2.44. The molecule has 2 aliphatic heterocycles. The van der Waals surface area contributed by atoms with E-state index in [0.29, 0.717) is 18.0 Å². The number of carbonyl (C=O) groups excluding carboxylic acids is 3. The molecule has 2 aliphatic rings. The number of likely N-dealkylation sites (tertiary alicyclic amines) is 1. The van der Waals surface area contributed by atoms with Crippen LogP contribution in [0.15, 0.2) is 41.3 Å². The highest BCUT2D eigenvalue weighted by Crippen LogP contribution is 2.30. The van der Waals surface area contributed by atoms with Crippen molar-refractivity contribution < 1.29 is 14.4 Å². The van der Waals surface area contributed by atoms with E-state index in [1.165, 1.54) is 0 Å². The van der Waals surface area contributed by atoms with Crippen LogP contribution in [0, 0.1) is 0 Å². The number of hydrogen-bond donors (Lipinski definition) is 0. The maximum atomic E-state index is 12.5. The average Bonchev–Trinajstić information content (AvgIpc) is 2.96. The van der Waals surface area contributed by atoms with Crippen molar-refractivity contribution in [3.8, 4) is 0 Å². The van der Waals surface area contributed by atoms with Crippen LogP contribution in [0.1, 0.15) is 24.8 Å². The summed E-state index contributed by atoms with van der Waals surface area (Å²) in [6.45, 7) is 1.25. The molecular formula is C21H25N3O3S. The molecule has 28 heavy (non-hydrogen) atoms. The Morgan fingerprint density at radius 2 is 1.79 bits per heavy atom. The van der Waals surface area contributed by atoms with Gasteiger partial charge in [-0.3, -0.25) is 19.3 Å². The number of imide groups is 1. The first-order chi connectivity index (χ1) is 13.5. The molecule has 0 radical (unpaired) electrons. The number of anilines is 1. The predicted octanol–water partition coefficient (Wildman–Crippen LogP) is 3.36. The van der Waals surface area contributed by atoms with Gasteiger partial charge < -0.3 is 9.80 Å². The molecule has 6 nitrogen and oxygen atoms in total. The molecule has 0 aliphatic carbocycles. The zero-order valence-corrected chi connectivity index (χ0v) is 17.1. The van der Waals surface area contributed by atoms with Crippen LogP contribution >= 0.6 is 11.8 Å². The van der Waals surface area contributed by atoms with Crippen LogP contribution in [0.5, 0.6) is 0 Å². The fourth-order valence-corrected chi connectivity index (χ4v) is 3.95. The van der Waals surface area contributed by atoms with Gasteiger partial charge in [0.15, 0.2) is 0 Å². The molecule has 148 valence electrons. The Kier molecular flexibility index (Phi) is 6.57. The van der Waals surface area contributed by atoms with E-state index >= 15 is 0 Å². The van der Waals surface area contributed by atoms with Crippen molar-refractivity contribution >= 4 is 40.6 Å². The second-order valence-corrected chi connectivity index (χ2v) is 8.07. The Hall–Kier alpha value is -2.54. The molecule has 0 spiro atoms. The van der Waals surface area contributed by atoms with Gasteiger partial charge in [0.05, 0.1) is 4.91 Å². The number of benzene rings is 1. The maximum absolute atomic E-state index is 12.5. The first kappa shape index (κ1) is 20.2. The number of allylic oxidation sites excluding steroid dienone is 2. The van der Waals surface area contributed by atoms with Gasteiger partial charge in [0.2, 0.25) is 5.91 Å². The van der Waals surface area contributed by atoms with Crippen LogP contribution in [0.3, 0.4) is 0 Å². The molecule has 0 saturated carbocycles. The van der Waals surface area contributed by atoms with Crippen LogP contribution in [0.25, 0.3) is 6.08 Å². The number of rotatable bonds is 5. The molecule has 0 bridgehead atoms. The highest BCUT2D eigenvalue weighted by Gasteiger charge is 2.36. The minimum absolute atomic E-state index is 0.153. The highest BCUT2D eigenvalue weighted by atomic mass is 32.2. The number of amides is 3. The lowest BCUT2D eigenvalue weighted by Gasteiger charge is -2.27. The summed E-state index contributed by atoms with van der Waals surface area (Å²) in [6.07, 6.45) is 8.36. The molecule has 0 atom stereocenters. The smallest absolute Gasteiger partial charge is 0.294 e. The summed E-state index contributed by atoms with van der Waals surface area (Å²) in [5.74, 6) is -0.548. The monoisotopic (exact) mass is 399 g/mol. The topological polar surface area (TPSA) is 60.9 Å². The Labute approximate surface area is 169 Å². The van der Waals surface area contributed by atoms with Crippen molar-refractivity contribution in [1.82, 2.24) is 9.80 Å². The molecule has 2 saturated heterocycles. The van der Waals surface area contributed by atoms with E-state index in [1.54, 1.807) is 17.1 Å². The van der Waals surface area contributed by atoms with E-state index in [1.807, 2.05) is 49.3 Å². The first-order valence-electron chi connectivity index (χ1n) is 9.43. The zero-order chi connectivity index (χ0) is 20.1. The van der Waals surface area contributed by atoms with Gasteiger partial charge in [-0.2, -0.15) is 0 Å². The van der Waals surface area contributed by atoms with E-state index in [9.17, 15) is 14.4 Å². The highest BCUT2D eigenvalue weighted by molar-refractivity contribution is 8.18. The van der Waals surface area contributed by atoms with Crippen molar-refractivity contribution in [2.75, 3.05) is 38.6 Å². The van der Waals surface area contributed by atoms with Crippen LogP contribution in [-0.2, 0) is 9.59 Å². The van der Waals surface area contributed by atoms with Crippen molar-refractivity contribution in [2.24, 2.45) is 0 Å².